The van der Waals surface area contributed by atoms with Crippen LogP contribution in [0.3, 0.4) is 0 Å². The molecule has 1 aliphatic heterocycles. The molecule has 0 aromatic heterocycles. The molecule has 0 N–H and O–H groups in total. The van der Waals surface area contributed by atoms with Crippen molar-refractivity contribution in [3.63, 3.8) is 0 Å². The van der Waals surface area contributed by atoms with Gasteiger partial charge >= 0.3 is 0 Å². The first kappa shape index (κ1) is 10.4. The molecule has 1 aliphatic carbocycles. The molecule has 0 saturated heterocycles. The van der Waals surface area contributed by atoms with Gasteiger partial charge in [0.1, 0.15) is 0 Å². The Balaban J connectivity index is 1.81. The van der Waals surface area contributed by atoms with Crippen LogP contribution >= 0.6 is 11.8 Å². The molecule has 0 atom stereocenters. The largest absolute Gasteiger partial charge is 0.281 e. The second kappa shape index (κ2) is 4.25. The second-order valence-corrected chi connectivity index (χ2v) is 5.92. The molecular formula is C14H17NS. The second-order valence-electron chi connectivity index (χ2n) is 4.83. The lowest BCUT2D eigenvalue weighted by molar-refractivity contribution is 0.236. The summed E-state index contributed by atoms with van der Waals surface area (Å²) in [7, 11) is 0. The maximum atomic E-state index is 4.71. The van der Waals surface area contributed by atoms with Crippen molar-refractivity contribution in [3.8, 4) is 0 Å². The highest BCUT2D eigenvalue weighted by atomic mass is 32.2. The lowest BCUT2D eigenvalue weighted by Gasteiger charge is -2.42. The lowest BCUT2D eigenvalue weighted by Crippen LogP contribution is -2.38. The summed E-state index contributed by atoms with van der Waals surface area (Å²) in [4.78, 5) is 4.71. The Hall–Kier alpha value is -0.760. The zero-order valence-corrected chi connectivity index (χ0v) is 10.3. The minimum absolute atomic E-state index is 0.419. The van der Waals surface area contributed by atoms with Crippen LogP contribution in [0.5, 0.6) is 0 Å². The summed E-state index contributed by atoms with van der Waals surface area (Å²) in [5, 5.41) is 1.45. The lowest BCUT2D eigenvalue weighted by atomic mass is 9.66. The number of hydrogen-bond acceptors (Lipinski definition) is 2. The third kappa shape index (κ3) is 1.80. The first-order valence-electron chi connectivity index (χ1n) is 6.11. The minimum atomic E-state index is 0.419. The standard InChI is InChI=1S/C14H17NS/c1-2-5-12(6-3-1)11-14(7-4-8-14)13-15-9-10-16-13/h1-3,5-6H,4,7-11H2. The van der Waals surface area contributed by atoms with E-state index in [1.807, 2.05) is 11.8 Å². The molecule has 1 aromatic carbocycles. The van der Waals surface area contributed by atoms with Gasteiger partial charge in [-0.05, 0) is 24.8 Å². The summed E-state index contributed by atoms with van der Waals surface area (Å²) in [5.41, 5.74) is 1.89. The molecule has 84 valence electrons. The van der Waals surface area contributed by atoms with Crippen LogP contribution < -0.4 is 0 Å². The average molecular weight is 231 g/mol. The number of benzene rings is 1. The Kier molecular flexibility index (Phi) is 2.76. The maximum Gasteiger partial charge on any atom is 0.0742 e. The summed E-state index contributed by atoms with van der Waals surface area (Å²) in [6, 6.07) is 10.9. The van der Waals surface area contributed by atoms with E-state index in [0.717, 1.165) is 6.54 Å². The van der Waals surface area contributed by atoms with Crippen LogP contribution in [0.2, 0.25) is 0 Å². The Labute approximate surface area is 101 Å². The molecule has 2 heteroatoms. The van der Waals surface area contributed by atoms with Crippen molar-refractivity contribution in [2.75, 3.05) is 12.3 Å². The average Bonchev–Trinajstić information content (AvgIpc) is 2.78. The van der Waals surface area contributed by atoms with Crippen molar-refractivity contribution in [1.29, 1.82) is 0 Å². The number of nitrogens with zero attached hydrogens (tertiary/aromatic N) is 1. The van der Waals surface area contributed by atoms with Crippen LogP contribution in [-0.2, 0) is 6.42 Å². The van der Waals surface area contributed by atoms with Gasteiger partial charge in [0.25, 0.3) is 0 Å². The monoisotopic (exact) mass is 231 g/mol. The molecule has 0 bridgehead atoms. The fourth-order valence-electron chi connectivity index (χ4n) is 2.71. The normalized spacial score (nSPS) is 22.6. The van der Waals surface area contributed by atoms with E-state index in [2.05, 4.69) is 30.3 Å². The fraction of sp³-hybridized carbons (Fsp3) is 0.500. The van der Waals surface area contributed by atoms with Gasteiger partial charge in [0.2, 0.25) is 0 Å². The highest BCUT2D eigenvalue weighted by Crippen LogP contribution is 2.48. The third-order valence-corrected chi connectivity index (χ3v) is 4.96. The van der Waals surface area contributed by atoms with E-state index >= 15 is 0 Å². The molecule has 16 heavy (non-hydrogen) atoms. The van der Waals surface area contributed by atoms with E-state index < -0.39 is 0 Å². The molecule has 0 spiro atoms. The van der Waals surface area contributed by atoms with Gasteiger partial charge in [-0.2, -0.15) is 0 Å². The highest BCUT2D eigenvalue weighted by molar-refractivity contribution is 8.14. The van der Waals surface area contributed by atoms with Crippen LogP contribution in [0.4, 0.5) is 0 Å². The minimum Gasteiger partial charge on any atom is -0.281 e. The van der Waals surface area contributed by atoms with E-state index in [1.165, 1.54) is 42.0 Å². The van der Waals surface area contributed by atoms with Crippen LogP contribution in [0.25, 0.3) is 0 Å². The predicted octanol–water partition coefficient (Wildman–Crippen LogP) is 3.54. The molecule has 0 unspecified atom stereocenters. The van der Waals surface area contributed by atoms with E-state index in [1.54, 1.807) is 0 Å². The van der Waals surface area contributed by atoms with Gasteiger partial charge in [-0.1, -0.05) is 36.8 Å². The smallest absolute Gasteiger partial charge is 0.0742 e. The summed E-state index contributed by atoms with van der Waals surface area (Å²) >= 11 is 1.99. The van der Waals surface area contributed by atoms with Crippen molar-refractivity contribution in [2.24, 2.45) is 10.4 Å². The number of thioether (sulfide) groups is 1. The van der Waals surface area contributed by atoms with Gasteiger partial charge in [0.15, 0.2) is 0 Å². The number of aliphatic imine (C=N–C) groups is 1. The highest BCUT2D eigenvalue weighted by Gasteiger charge is 2.42. The van der Waals surface area contributed by atoms with Gasteiger partial charge in [-0.15, -0.1) is 11.8 Å². The molecule has 0 amide bonds. The molecule has 3 rings (SSSR count). The van der Waals surface area contributed by atoms with E-state index in [9.17, 15) is 0 Å². The zero-order chi connectivity index (χ0) is 10.8. The number of hydrogen-bond donors (Lipinski definition) is 0. The van der Waals surface area contributed by atoms with Crippen molar-refractivity contribution >= 4 is 16.8 Å². The van der Waals surface area contributed by atoms with Crippen molar-refractivity contribution in [3.05, 3.63) is 35.9 Å². The summed E-state index contributed by atoms with van der Waals surface area (Å²) in [6.07, 6.45) is 5.26. The maximum absolute atomic E-state index is 4.71. The van der Waals surface area contributed by atoms with Crippen molar-refractivity contribution in [1.82, 2.24) is 0 Å². The van der Waals surface area contributed by atoms with Gasteiger partial charge < -0.3 is 0 Å². The summed E-state index contributed by atoms with van der Waals surface area (Å²) < 4.78 is 0. The Morgan fingerprint density at radius 1 is 1.19 bits per heavy atom. The zero-order valence-electron chi connectivity index (χ0n) is 9.48. The number of rotatable bonds is 3. The molecular weight excluding hydrogens is 214 g/mol. The molecule has 0 radical (unpaired) electrons. The fourth-order valence-corrected chi connectivity index (χ4v) is 3.85. The third-order valence-electron chi connectivity index (χ3n) is 3.74. The van der Waals surface area contributed by atoms with Crippen molar-refractivity contribution < 1.29 is 0 Å². The van der Waals surface area contributed by atoms with Crippen LogP contribution in [-0.4, -0.2) is 17.3 Å². The van der Waals surface area contributed by atoms with Crippen molar-refractivity contribution in [2.45, 2.75) is 25.7 Å². The van der Waals surface area contributed by atoms with Gasteiger partial charge in [0, 0.05) is 17.7 Å². The van der Waals surface area contributed by atoms with Crippen LogP contribution in [0.15, 0.2) is 35.3 Å². The van der Waals surface area contributed by atoms with Gasteiger partial charge in [-0.25, -0.2) is 0 Å². The van der Waals surface area contributed by atoms with E-state index in [4.69, 9.17) is 4.99 Å². The first-order chi connectivity index (χ1) is 7.89. The molecule has 1 nitrogen and oxygen atoms in total. The first-order valence-corrected chi connectivity index (χ1v) is 7.09. The van der Waals surface area contributed by atoms with E-state index in [0.29, 0.717) is 5.41 Å². The summed E-state index contributed by atoms with van der Waals surface area (Å²) in [5.74, 6) is 1.20. The van der Waals surface area contributed by atoms with Gasteiger partial charge in [-0.3, -0.25) is 4.99 Å². The summed E-state index contributed by atoms with van der Waals surface area (Å²) in [6.45, 7) is 1.04. The molecule has 1 aromatic rings. The SMILES string of the molecule is c1ccc(CC2(C3=NCCS3)CCC2)cc1. The van der Waals surface area contributed by atoms with E-state index in [-0.39, 0.29) is 0 Å². The quantitative estimate of drug-likeness (QED) is 0.775. The Morgan fingerprint density at radius 2 is 2.00 bits per heavy atom. The molecule has 1 saturated carbocycles. The van der Waals surface area contributed by atoms with Gasteiger partial charge in [0.05, 0.1) is 5.04 Å². The topological polar surface area (TPSA) is 12.4 Å². The molecule has 1 heterocycles. The van der Waals surface area contributed by atoms with Crippen LogP contribution in [0.1, 0.15) is 24.8 Å². The predicted molar refractivity (Wildman–Crippen MR) is 71.2 cm³/mol. The molecule has 1 fully saturated rings. The Morgan fingerprint density at radius 3 is 2.56 bits per heavy atom. The Bertz CT molecular complexity index is 392. The van der Waals surface area contributed by atoms with Crippen LogP contribution in [0, 0.1) is 5.41 Å². The molecule has 2 aliphatic rings.